The average molecular weight is 252 g/mol. The molecule has 0 saturated heterocycles. The number of nitrogens with one attached hydrogen (secondary N) is 2. The van der Waals surface area contributed by atoms with E-state index in [9.17, 15) is 9.59 Å². The van der Waals surface area contributed by atoms with Crippen molar-refractivity contribution in [3.05, 3.63) is 39.4 Å². The smallest absolute Gasteiger partial charge is 0.330 e. The van der Waals surface area contributed by atoms with Gasteiger partial charge in [-0.3, -0.25) is 19.4 Å². The second-order valence-corrected chi connectivity index (χ2v) is 3.52. The molecule has 0 bridgehead atoms. The second-order valence-electron chi connectivity index (χ2n) is 3.52. The van der Waals surface area contributed by atoms with E-state index in [1.54, 1.807) is 6.20 Å². The molecule has 2 rings (SSSR count). The molecule has 8 nitrogen and oxygen atoms in total. The van der Waals surface area contributed by atoms with Gasteiger partial charge in [0.05, 0.1) is 25.0 Å². The Morgan fingerprint density at radius 1 is 1.44 bits per heavy atom. The molecule has 0 atom stereocenters. The Balaban J connectivity index is 2.34. The van der Waals surface area contributed by atoms with E-state index in [1.807, 2.05) is 0 Å². The molecule has 0 radical (unpaired) electrons. The monoisotopic (exact) mass is 252 g/mol. The second kappa shape index (κ2) is 5.43. The highest BCUT2D eigenvalue weighted by Crippen LogP contribution is 2.10. The molecule has 0 amide bonds. The highest BCUT2D eigenvalue weighted by molar-refractivity contribution is 5.58. The third-order valence-corrected chi connectivity index (χ3v) is 2.29. The van der Waals surface area contributed by atoms with Crippen LogP contribution in [0, 0.1) is 0 Å². The molecule has 0 aliphatic rings. The van der Waals surface area contributed by atoms with Gasteiger partial charge in [0.2, 0.25) is 0 Å². The van der Waals surface area contributed by atoms with Crippen molar-refractivity contribution >= 4 is 0 Å². The largest absolute Gasteiger partial charge is 0.394 e. The third-order valence-electron chi connectivity index (χ3n) is 2.29. The van der Waals surface area contributed by atoms with Crippen LogP contribution >= 0.6 is 0 Å². The molecular weight excluding hydrogens is 240 g/mol. The molecule has 0 aliphatic carbocycles. The van der Waals surface area contributed by atoms with Crippen LogP contribution in [0.1, 0.15) is 0 Å². The number of hydrogen-bond donors (Lipinski definition) is 3. The highest BCUT2D eigenvalue weighted by Gasteiger charge is 2.07. The fraction of sp³-hybridized carbons (Fsp3) is 0.300. The van der Waals surface area contributed by atoms with Crippen LogP contribution in [0.15, 0.2) is 28.2 Å². The molecule has 0 unspecified atom stereocenters. The Bertz CT molecular complexity index is 614. The molecule has 0 aliphatic heterocycles. The number of hydrogen-bond acceptors (Lipinski definition) is 5. The number of aromatic amines is 2. The van der Waals surface area contributed by atoms with Gasteiger partial charge in [-0.1, -0.05) is 0 Å². The Morgan fingerprint density at radius 2 is 2.28 bits per heavy atom. The fourth-order valence-corrected chi connectivity index (χ4v) is 1.44. The molecular formula is C10H12N4O4. The summed E-state index contributed by atoms with van der Waals surface area (Å²) >= 11 is 0. The van der Waals surface area contributed by atoms with Crippen molar-refractivity contribution in [2.24, 2.45) is 0 Å². The van der Waals surface area contributed by atoms with E-state index in [2.05, 4.69) is 15.2 Å². The first-order valence-corrected chi connectivity index (χ1v) is 5.24. The van der Waals surface area contributed by atoms with Gasteiger partial charge in [0.25, 0.3) is 5.56 Å². The molecule has 2 aromatic heterocycles. The highest BCUT2D eigenvalue weighted by atomic mass is 16.5. The number of nitrogens with zero attached hydrogens (tertiary/aromatic N) is 2. The van der Waals surface area contributed by atoms with Crippen LogP contribution in [-0.4, -0.2) is 38.1 Å². The minimum atomic E-state index is -0.565. The van der Waals surface area contributed by atoms with E-state index in [1.165, 1.54) is 17.0 Å². The fourth-order valence-electron chi connectivity index (χ4n) is 1.44. The van der Waals surface area contributed by atoms with Crippen molar-refractivity contribution in [2.45, 2.75) is 6.73 Å². The first kappa shape index (κ1) is 12.3. The zero-order valence-electron chi connectivity index (χ0n) is 9.42. The maximum Gasteiger partial charge on any atom is 0.330 e. The van der Waals surface area contributed by atoms with Gasteiger partial charge in [-0.25, -0.2) is 4.79 Å². The van der Waals surface area contributed by atoms with E-state index in [0.29, 0.717) is 11.1 Å². The third kappa shape index (κ3) is 2.55. The van der Waals surface area contributed by atoms with E-state index >= 15 is 0 Å². The van der Waals surface area contributed by atoms with Crippen molar-refractivity contribution < 1.29 is 9.84 Å². The normalized spacial score (nSPS) is 10.7. The summed E-state index contributed by atoms with van der Waals surface area (Å²) < 4.78 is 6.24. The molecule has 96 valence electrons. The first-order chi connectivity index (χ1) is 8.72. The van der Waals surface area contributed by atoms with Crippen molar-refractivity contribution in [1.82, 2.24) is 19.7 Å². The predicted octanol–water partition coefficient (Wildman–Crippen LogP) is -1.11. The van der Waals surface area contributed by atoms with Crippen molar-refractivity contribution in [3.8, 4) is 11.1 Å². The van der Waals surface area contributed by atoms with Crippen LogP contribution in [0.2, 0.25) is 0 Å². The lowest BCUT2D eigenvalue weighted by atomic mass is 10.2. The van der Waals surface area contributed by atoms with Gasteiger partial charge >= 0.3 is 5.69 Å². The summed E-state index contributed by atoms with van der Waals surface area (Å²) in [4.78, 5) is 25.3. The van der Waals surface area contributed by atoms with Gasteiger partial charge in [-0.2, -0.15) is 5.10 Å². The topological polar surface area (TPSA) is 113 Å². The number of aromatic nitrogens is 4. The number of aliphatic hydroxyl groups excluding tert-OH is 1. The Labute approximate surface area is 101 Å². The van der Waals surface area contributed by atoms with Crippen molar-refractivity contribution in [1.29, 1.82) is 0 Å². The van der Waals surface area contributed by atoms with Crippen LogP contribution in [0.5, 0.6) is 0 Å². The lowest BCUT2D eigenvalue weighted by molar-refractivity contribution is 0.0457. The first-order valence-electron chi connectivity index (χ1n) is 5.24. The van der Waals surface area contributed by atoms with Crippen LogP contribution in [-0.2, 0) is 11.5 Å². The molecule has 0 spiro atoms. The van der Waals surface area contributed by atoms with E-state index < -0.39 is 11.2 Å². The Kier molecular flexibility index (Phi) is 3.70. The number of rotatable bonds is 5. The quantitative estimate of drug-likeness (QED) is 0.584. The SMILES string of the molecule is O=c1[nH]c(=O)n(COCCO)cc1-c1cn[nH]c1. The number of aliphatic hydroxyl groups is 1. The molecule has 8 heteroatoms. The number of H-pyrrole nitrogens is 2. The number of ether oxygens (including phenoxy) is 1. The minimum Gasteiger partial charge on any atom is -0.394 e. The zero-order chi connectivity index (χ0) is 13.0. The molecule has 2 aromatic rings. The van der Waals surface area contributed by atoms with Crippen LogP contribution in [0.3, 0.4) is 0 Å². The average Bonchev–Trinajstić information content (AvgIpc) is 2.85. The Morgan fingerprint density at radius 3 is 2.94 bits per heavy atom. The summed E-state index contributed by atoms with van der Waals surface area (Å²) in [6.45, 7) is -0.0552. The minimum absolute atomic E-state index is 0.0407. The Hall–Kier alpha value is -2.19. The predicted molar refractivity (Wildman–Crippen MR) is 61.9 cm³/mol. The van der Waals surface area contributed by atoms with E-state index in [0.717, 1.165) is 0 Å². The maximum absolute atomic E-state index is 11.6. The van der Waals surface area contributed by atoms with Gasteiger partial charge in [0.15, 0.2) is 0 Å². The van der Waals surface area contributed by atoms with Crippen molar-refractivity contribution in [2.75, 3.05) is 13.2 Å². The lowest BCUT2D eigenvalue weighted by Gasteiger charge is -2.06. The summed E-state index contributed by atoms with van der Waals surface area (Å²) in [6.07, 6.45) is 4.42. The van der Waals surface area contributed by atoms with Crippen LogP contribution in [0.25, 0.3) is 11.1 Å². The molecule has 0 fully saturated rings. The summed E-state index contributed by atoms with van der Waals surface area (Å²) in [6, 6.07) is 0. The van der Waals surface area contributed by atoms with Crippen molar-refractivity contribution in [3.63, 3.8) is 0 Å². The van der Waals surface area contributed by atoms with Gasteiger partial charge in [0.1, 0.15) is 6.73 Å². The molecule has 3 N–H and O–H groups in total. The molecule has 0 saturated carbocycles. The summed E-state index contributed by atoms with van der Waals surface area (Å²) in [5.74, 6) is 0. The molecule has 0 aromatic carbocycles. The van der Waals surface area contributed by atoms with Crippen LogP contribution in [0.4, 0.5) is 0 Å². The summed E-state index contributed by atoms with van der Waals surface area (Å²) in [5.41, 5.74) is -0.159. The summed E-state index contributed by atoms with van der Waals surface area (Å²) in [5, 5.41) is 14.9. The van der Waals surface area contributed by atoms with Crippen LogP contribution < -0.4 is 11.2 Å². The van der Waals surface area contributed by atoms with E-state index in [4.69, 9.17) is 9.84 Å². The van der Waals surface area contributed by atoms with Gasteiger partial charge in [-0.05, 0) is 0 Å². The van der Waals surface area contributed by atoms with Gasteiger partial charge in [-0.15, -0.1) is 0 Å². The lowest BCUT2D eigenvalue weighted by Crippen LogP contribution is -2.31. The van der Waals surface area contributed by atoms with Gasteiger partial charge < -0.3 is 9.84 Å². The molecule has 18 heavy (non-hydrogen) atoms. The zero-order valence-corrected chi connectivity index (χ0v) is 9.42. The maximum atomic E-state index is 11.6. The molecule has 2 heterocycles. The summed E-state index contributed by atoms with van der Waals surface area (Å²) in [7, 11) is 0. The van der Waals surface area contributed by atoms with Gasteiger partial charge in [0, 0.05) is 18.0 Å². The standard InChI is InChI=1S/C10H12N4O4/c15-1-2-18-6-14-5-8(7-3-11-12-4-7)9(16)13-10(14)17/h3-5,15H,1-2,6H2,(H,11,12)(H,13,16,17). The van der Waals surface area contributed by atoms with E-state index in [-0.39, 0.29) is 19.9 Å².